The van der Waals surface area contributed by atoms with Crippen LogP contribution in [0.4, 0.5) is 0 Å². The zero-order chi connectivity index (χ0) is 24.1. The Morgan fingerprint density at radius 3 is 1.86 bits per heavy atom. The van der Waals surface area contributed by atoms with E-state index in [1.54, 1.807) is 0 Å². The molecule has 2 aromatic heterocycles. The van der Waals surface area contributed by atoms with E-state index in [2.05, 4.69) is 86.9 Å². The smallest absolute Gasteiger partial charge is 0.238 e. The van der Waals surface area contributed by atoms with Crippen LogP contribution in [0.25, 0.3) is 50.5 Å². The van der Waals surface area contributed by atoms with Gasteiger partial charge in [-0.15, -0.1) is 0 Å². The Hall–Kier alpha value is -4.31. The first-order valence-corrected chi connectivity index (χ1v) is 11.9. The fourth-order valence-corrected chi connectivity index (χ4v) is 4.76. The van der Waals surface area contributed by atoms with Crippen LogP contribution in [-0.4, -0.2) is 19.5 Å². The summed E-state index contributed by atoms with van der Waals surface area (Å²) in [5, 5.41) is 2.41. The van der Waals surface area contributed by atoms with E-state index >= 15 is 0 Å². The van der Waals surface area contributed by atoms with Crippen LogP contribution in [0.2, 0.25) is 0 Å². The van der Waals surface area contributed by atoms with Crippen molar-refractivity contribution >= 4 is 21.8 Å². The SMILES string of the molecule is Cc1ccc2c(c1)c1cc(C)ccc1n2-c1nc(-c2ccccc2)nc(-c2cccc(C)c2C)n1. The Bertz CT molecular complexity index is 1670. The predicted molar refractivity (Wildman–Crippen MR) is 144 cm³/mol. The molecular formula is C31H26N4. The Morgan fingerprint density at radius 2 is 1.20 bits per heavy atom. The maximum absolute atomic E-state index is 5.06. The average molecular weight is 455 g/mol. The summed E-state index contributed by atoms with van der Waals surface area (Å²) in [7, 11) is 0. The molecule has 170 valence electrons. The zero-order valence-corrected chi connectivity index (χ0v) is 20.4. The number of rotatable bonds is 3. The van der Waals surface area contributed by atoms with Crippen molar-refractivity contribution in [3.05, 3.63) is 107 Å². The van der Waals surface area contributed by atoms with Crippen LogP contribution in [0, 0.1) is 27.7 Å². The molecule has 0 bridgehead atoms. The lowest BCUT2D eigenvalue weighted by molar-refractivity contribution is 0.952. The van der Waals surface area contributed by atoms with Gasteiger partial charge in [0.15, 0.2) is 11.6 Å². The van der Waals surface area contributed by atoms with Crippen molar-refractivity contribution in [2.75, 3.05) is 0 Å². The van der Waals surface area contributed by atoms with E-state index in [9.17, 15) is 0 Å². The van der Waals surface area contributed by atoms with Crippen LogP contribution < -0.4 is 0 Å². The van der Waals surface area contributed by atoms with Crippen LogP contribution >= 0.6 is 0 Å². The lowest BCUT2D eigenvalue weighted by Gasteiger charge is -2.12. The number of nitrogens with zero attached hydrogens (tertiary/aromatic N) is 4. The van der Waals surface area contributed by atoms with Gasteiger partial charge in [0, 0.05) is 21.9 Å². The summed E-state index contributed by atoms with van der Waals surface area (Å²) >= 11 is 0. The minimum atomic E-state index is 0.627. The minimum Gasteiger partial charge on any atom is -0.278 e. The van der Waals surface area contributed by atoms with Crippen LogP contribution in [0.1, 0.15) is 22.3 Å². The molecule has 6 rings (SSSR count). The summed E-state index contributed by atoms with van der Waals surface area (Å²) in [5.41, 5.74) is 9.03. The van der Waals surface area contributed by atoms with E-state index in [0.29, 0.717) is 17.6 Å². The third kappa shape index (κ3) is 3.58. The highest BCUT2D eigenvalue weighted by molar-refractivity contribution is 6.09. The topological polar surface area (TPSA) is 43.6 Å². The number of hydrogen-bond donors (Lipinski definition) is 0. The van der Waals surface area contributed by atoms with Gasteiger partial charge in [0.2, 0.25) is 5.95 Å². The Kier molecular flexibility index (Phi) is 4.96. The molecule has 0 fully saturated rings. The highest BCUT2D eigenvalue weighted by Gasteiger charge is 2.18. The summed E-state index contributed by atoms with van der Waals surface area (Å²) in [6, 6.07) is 29.5. The first kappa shape index (κ1) is 21.2. The van der Waals surface area contributed by atoms with Gasteiger partial charge in [-0.25, -0.2) is 4.98 Å². The van der Waals surface area contributed by atoms with Gasteiger partial charge in [0.25, 0.3) is 0 Å². The molecule has 0 saturated carbocycles. The molecule has 2 heterocycles. The summed E-state index contributed by atoms with van der Waals surface area (Å²) in [6.07, 6.45) is 0. The quantitative estimate of drug-likeness (QED) is 0.277. The van der Waals surface area contributed by atoms with Gasteiger partial charge in [-0.05, 0) is 63.1 Å². The second-order valence-electron chi connectivity index (χ2n) is 9.27. The molecule has 0 aliphatic rings. The van der Waals surface area contributed by atoms with Gasteiger partial charge in [0.05, 0.1) is 11.0 Å². The lowest BCUT2D eigenvalue weighted by atomic mass is 10.0. The molecule has 0 amide bonds. The molecule has 0 spiro atoms. The van der Waals surface area contributed by atoms with Gasteiger partial charge >= 0.3 is 0 Å². The normalized spacial score (nSPS) is 11.4. The zero-order valence-electron chi connectivity index (χ0n) is 20.4. The Labute approximate surface area is 205 Å². The van der Waals surface area contributed by atoms with E-state index in [-0.39, 0.29) is 0 Å². The Morgan fingerprint density at radius 1 is 0.571 bits per heavy atom. The molecule has 4 nitrogen and oxygen atoms in total. The second kappa shape index (κ2) is 8.17. The van der Waals surface area contributed by atoms with E-state index in [1.807, 2.05) is 30.3 Å². The largest absolute Gasteiger partial charge is 0.278 e. The van der Waals surface area contributed by atoms with Crippen molar-refractivity contribution in [1.82, 2.24) is 19.5 Å². The van der Waals surface area contributed by atoms with Gasteiger partial charge in [0.1, 0.15) is 0 Å². The van der Waals surface area contributed by atoms with Gasteiger partial charge < -0.3 is 0 Å². The van der Waals surface area contributed by atoms with Gasteiger partial charge in [-0.1, -0.05) is 71.8 Å². The monoisotopic (exact) mass is 454 g/mol. The highest BCUT2D eigenvalue weighted by atomic mass is 15.2. The standard InChI is InChI=1S/C31H26N4/c1-19-13-15-27-25(17-19)26-18-20(2)14-16-28(26)35(27)31-33-29(23-10-6-5-7-11-23)32-30(34-31)24-12-8-9-21(3)22(24)4/h5-18H,1-4H3. The summed E-state index contributed by atoms with van der Waals surface area (Å²) in [4.78, 5) is 15.0. The third-order valence-corrected chi connectivity index (χ3v) is 6.78. The molecule has 0 N–H and O–H groups in total. The molecular weight excluding hydrogens is 428 g/mol. The fourth-order valence-electron chi connectivity index (χ4n) is 4.76. The molecule has 0 aliphatic heterocycles. The van der Waals surface area contributed by atoms with Crippen molar-refractivity contribution in [2.24, 2.45) is 0 Å². The minimum absolute atomic E-state index is 0.627. The number of aromatic nitrogens is 4. The summed E-state index contributed by atoms with van der Waals surface area (Å²) in [6.45, 7) is 8.51. The van der Waals surface area contributed by atoms with E-state index < -0.39 is 0 Å². The third-order valence-electron chi connectivity index (χ3n) is 6.78. The maximum Gasteiger partial charge on any atom is 0.238 e. The van der Waals surface area contributed by atoms with E-state index in [1.165, 1.54) is 33.0 Å². The highest BCUT2D eigenvalue weighted by Crippen LogP contribution is 2.34. The van der Waals surface area contributed by atoms with E-state index in [0.717, 1.165) is 22.2 Å². The Balaban J connectivity index is 1.71. The first-order valence-electron chi connectivity index (χ1n) is 11.9. The van der Waals surface area contributed by atoms with Crippen molar-refractivity contribution in [3.8, 4) is 28.7 Å². The molecule has 0 aliphatic carbocycles. The van der Waals surface area contributed by atoms with Crippen molar-refractivity contribution in [3.63, 3.8) is 0 Å². The molecule has 4 heteroatoms. The lowest BCUT2D eigenvalue weighted by Crippen LogP contribution is -2.07. The molecule has 0 radical (unpaired) electrons. The second-order valence-corrected chi connectivity index (χ2v) is 9.27. The summed E-state index contributed by atoms with van der Waals surface area (Å²) < 4.78 is 2.17. The maximum atomic E-state index is 5.06. The van der Waals surface area contributed by atoms with Crippen LogP contribution in [0.3, 0.4) is 0 Å². The number of fused-ring (bicyclic) bond motifs is 3. The molecule has 0 atom stereocenters. The molecule has 0 unspecified atom stereocenters. The number of aryl methyl sites for hydroxylation is 3. The number of benzene rings is 4. The van der Waals surface area contributed by atoms with E-state index in [4.69, 9.17) is 15.0 Å². The predicted octanol–water partition coefficient (Wildman–Crippen LogP) is 7.54. The molecule has 4 aromatic carbocycles. The molecule has 6 aromatic rings. The number of hydrogen-bond acceptors (Lipinski definition) is 3. The van der Waals surface area contributed by atoms with Crippen molar-refractivity contribution < 1.29 is 0 Å². The van der Waals surface area contributed by atoms with Gasteiger partial charge in [-0.3, -0.25) is 4.57 Å². The van der Waals surface area contributed by atoms with Gasteiger partial charge in [-0.2, -0.15) is 9.97 Å². The van der Waals surface area contributed by atoms with Crippen LogP contribution in [0.15, 0.2) is 84.9 Å². The summed E-state index contributed by atoms with van der Waals surface area (Å²) in [5.74, 6) is 1.98. The first-order chi connectivity index (χ1) is 17.0. The van der Waals surface area contributed by atoms with Crippen molar-refractivity contribution in [1.29, 1.82) is 0 Å². The average Bonchev–Trinajstić information content (AvgIpc) is 3.18. The molecule has 35 heavy (non-hydrogen) atoms. The van der Waals surface area contributed by atoms with Crippen LogP contribution in [0.5, 0.6) is 0 Å². The van der Waals surface area contributed by atoms with Crippen LogP contribution in [-0.2, 0) is 0 Å². The van der Waals surface area contributed by atoms with Crippen molar-refractivity contribution in [2.45, 2.75) is 27.7 Å². The fraction of sp³-hybridized carbons (Fsp3) is 0.129. The molecule has 0 saturated heterocycles.